The molecule has 0 radical (unpaired) electrons. The Kier molecular flexibility index (Phi) is 3.49. The highest BCUT2D eigenvalue weighted by molar-refractivity contribution is 5.80. The molecule has 1 aromatic heterocycles. The lowest BCUT2D eigenvalue weighted by Crippen LogP contribution is -2.16. The normalized spacial score (nSPS) is 16.4. The maximum Gasteiger partial charge on any atom is 0.185 e. The van der Waals surface area contributed by atoms with E-state index >= 15 is 0 Å². The standard InChI is InChI=1S/C18H17F2N3O/c1-3-15-22-12-8-7-11(19)16(20)17(12)23(15)14-6-4-5-10-13(21-2)9-24-18(10)14/h4-8,13,21H,3,9H2,1-2H3/t13-/m1/s1. The number of benzene rings is 2. The minimum atomic E-state index is -0.888. The number of rotatable bonds is 3. The number of aromatic nitrogens is 2. The lowest BCUT2D eigenvalue weighted by Gasteiger charge is -2.13. The Labute approximate surface area is 138 Å². The van der Waals surface area contributed by atoms with Crippen LogP contribution in [0.1, 0.15) is 24.4 Å². The summed E-state index contributed by atoms with van der Waals surface area (Å²) in [6.45, 7) is 2.44. The van der Waals surface area contributed by atoms with Gasteiger partial charge < -0.3 is 10.1 Å². The second-order valence-corrected chi connectivity index (χ2v) is 5.79. The Balaban J connectivity index is 2.05. The lowest BCUT2D eigenvalue weighted by molar-refractivity contribution is 0.317. The SMILES string of the molecule is CCc1nc2ccc(F)c(F)c2n1-c1cccc2c1OC[C@H]2NC. The molecule has 4 nitrogen and oxygen atoms in total. The first-order valence-corrected chi connectivity index (χ1v) is 7.94. The predicted octanol–water partition coefficient (Wildman–Crippen LogP) is 3.52. The average molecular weight is 329 g/mol. The fourth-order valence-corrected chi connectivity index (χ4v) is 3.29. The molecule has 1 N–H and O–H groups in total. The van der Waals surface area contributed by atoms with Crippen LogP contribution in [0.3, 0.4) is 0 Å². The summed E-state index contributed by atoms with van der Waals surface area (Å²) in [5, 5.41) is 3.19. The molecule has 1 aliphatic heterocycles. The fourth-order valence-electron chi connectivity index (χ4n) is 3.29. The number of para-hydroxylation sites is 1. The van der Waals surface area contributed by atoms with E-state index < -0.39 is 11.6 Å². The third-order valence-corrected chi connectivity index (χ3v) is 4.48. The number of nitrogens with one attached hydrogen (secondary N) is 1. The summed E-state index contributed by atoms with van der Waals surface area (Å²) in [5.74, 6) is -0.415. The largest absolute Gasteiger partial charge is 0.489 e. The van der Waals surface area contributed by atoms with Gasteiger partial charge in [0, 0.05) is 12.0 Å². The first-order valence-electron chi connectivity index (χ1n) is 7.94. The third-order valence-electron chi connectivity index (χ3n) is 4.48. The van der Waals surface area contributed by atoms with E-state index in [-0.39, 0.29) is 11.6 Å². The highest BCUT2D eigenvalue weighted by Gasteiger charge is 2.28. The summed E-state index contributed by atoms with van der Waals surface area (Å²) in [6, 6.07) is 8.42. The van der Waals surface area contributed by atoms with Crippen molar-refractivity contribution < 1.29 is 13.5 Å². The highest BCUT2D eigenvalue weighted by atomic mass is 19.2. The van der Waals surface area contributed by atoms with E-state index in [1.54, 1.807) is 4.57 Å². The van der Waals surface area contributed by atoms with Gasteiger partial charge >= 0.3 is 0 Å². The third kappa shape index (κ3) is 2.03. The number of nitrogens with zero attached hydrogens (tertiary/aromatic N) is 2. The summed E-state index contributed by atoms with van der Waals surface area (Å²) in [5.41, 5.74) is 2.29. The molecule has 0 spiro atoms. The smallest absolute Gasteiger partial charge is 0.185 e. The van der Waals surface area contributed by atoms with Crippen molar-refractivity contribution in [1.82, 2.24) is 14.9 Å². The maximum atomic E-state index is 14.5. The zero-order valence-corrected chi connectivity index (χ0v) is 13.4. The first-order chi connectivity index (χ1) is 11.7. The van der Waals surface area contributed by atoms with Crippen LogP contribution in [-0.2, 0) is 6.42 Å². The van der Waals surface area contributed by atoms with E-state index in [1.807, 2.05) is 32.2 Å². The van der Waals surface area contributed by atoms with Crippen LogP contribution in [0.4, 0.5) is 8.78 Å². The van der Waals surface area contributed by atoms with Gasteiger partial charge in [-0.1, -0.05) is 19.1 Å². The number of ether oxygens (including phenoxy) is 1. The zero-order chi connectivity index (χ0) is 16.8. The number of halogens is 2. The second kappa shape index (κ2) is 5.56. The summed E-state index contributed by atoms with van der Waals surface area (Å²) in [4.78, 5) is 4.46. The van der Waals surface area contributed by atoms with Gasteiger partial charge in [0.15, 0.2) is 11.6 Å². The van der Waals surface area contributed by atoms with Crippen molar-refractivity contribution >= 4 is 11.0 Å². The van der Waals surface area contributed by atoms with E-state index in [9.17, 15) is 8.78 Å². The first kappa shape index (κ1) is 15.1. The van der Waals surface area contributed by atoms with Gasteiger partial charge in [-0.15, -0.1) is 0 Å². The van der Waals surface area contributed by atoms with Crippen LogP contribution in [0.15, 0.2) is 30.3 Å². The summed E-state index contributed by atoms with van der Waals surface area (Å²) < 4.78 is 35.8. The molecule has 0 saturated heterocycles. The van der Waals surface area contributed by atoms with E-state index in [4.69, 9.17) is 4.74 Å². The van der Waals surface area contributed by atoms with Gasteiger partial charge in [-0.3, -0.25) is 4.57 Å². The van der Waals surface area contributed by atoms with Crippen molar-refractivity contribution in [2.45, 2.75) is 19.4 Å². The summed E-state index contributed by atoms with van der Waals surface area (Å²) >= 11 is 0. The van der Waals surface area contributed by atoms with E-state index in [1.165, 1.54) is 6.07 Å². The zero-order valence-electron chi connectivity index (χ0n) is 13.4. The van der Waals surface area contributed by atoms with Crippen molar-refractivity contribution in [2.24, 2.45) is 0 Å². The van der Waals surface area contributed by atoms with Crippen molar-refractivity contribution in [3.05, 3.63) is 53.4 Å². The number of fused-ring (bicyclic) bond motifs is 2. The molecule has 0 aliphatic carbocycles. The van der Waals surface area contributed by atoms with Crippen LogP contribution in [0, 0.1) is 11.6 Å². The van der Waals surface area contributed by atoms with E-state index in [0.29, 0.717) is 35.8 Å². The molecule has 0 bridgehead atoms. The molecule has 3 aromatic rings. The average Bonchev–Trinajstić information content (AvgIpc) is 3.19. The molecule has 1 aliphatic rings. The molecule has 24 heavy (non-hydrogen) atoms. The van der Waals surface area contributed by atoms with Crippen molar-refractivity contribution in [1.29, 1.82) is 0 Å². The van der Waals surface area contributed by atoms with Crippen LogP contribution in [-0.4, -0.2) is 23.2 Å². The van der Waals surface area contributed by atoms with Crippen molar-refractivity contribution in [3.8, 4) is 11.4 Å². The number of hydrogen-bond donors (Lipinski definition) is 1. The highest BCUT2D eigenvalue weighted by Crippen LogP contribution is 2.39. The van der Waals surface area contributed by atoms with Crippen LogP contribution < -0.4 is 10.1 Å². The van der Waals surface area contributed by atoms with Gasteiger partial charge in [0.1, 0.15) is 23.7 Å². The maximum absolute atomic E-state index is 14.5. The molecule has 0 saturated carbocycles. The molecule has 4 rings (SSSR count). The van der Waals surface area contributed by atoms with Crippen LogP contribution in [0.2, 0.25) is 0 Å². The van der Waals surface area contributed by atoms with Crippen molar-refractivity contribution in [2.75, 3.05) is 13.7 Å². The monoisotopic (exact) mass is 329 g/mol. The topological polar surface area (TPSA) is 39.1 Å². The number of aryl methyl sites for hydroxylation is 1. The molecule has 0 amide bonds. The molecule has 2 aromatic carbocycles. The van der Waals surface area contributed by atoms with Crippen LogP contribution >= 0.6 is 0 Å². The Morgan fingerprint density at radius 2 is 2.12 bits per heavy atom. The van der Waals surface area contributed by atoms with Crippen LogP contribution in [0.25, 0.3) is 16.7 Å². The van der Waals surface area contributed by atoms with Crippen molar-refractivity contribution in [3.63, 3.8) is 0 Å². The Morgan fingerprint density at radius 1 is 1.29 bits per heavy atom. The van der Waals surface area contributed by atoms with Gasteiger partial charge in [0.2, 0.25) is 0 Å². The van der Waals surface area contributed by atoms with E-state index in [0.717, 1.165) is 11.6 Å². The summed E-state index contributed by atoms with van der Waals surface area (Å²) in [6.07, 6.45) is 0.592. The summed E-state index contributed by atoms with van der Waals surface area (Å²) in [7, 11) is 1.87. The van der Waals surface area contributed by atoms with Gasteiger partial charge in [-0.05, 0) is 25.2 Å². The molecule has 124 valence electrons. The van der Waals surface area contributed by atoms with Gasteiger partial charge in [0.25, 0.3) is 0 Å². The minimum Gasteiger partial charge on any atom is -0.489 e. The Morgan fingerprint density at radius 3 is 2.88 bits per heavy atom. The van der Waals surface area contributed by atoms with Gasteiger partial charge in [-0.25, -0.2) is 13.8 Å². The van der Waals surface area contributed by atoms with Gasteiger partial charge in [-0.2, -0.15) is 0 Å². The minimum absolute atomic E-state index is 0.0846. The number of hydrogen-bond acceptors (Lipinski definition) is 3. The number of likely N-dealkylation sites (N-methyl/N-ethyl adjacent to an activating group) is 1. The quantitative estimate of drug-likeness (QED) is 0.799. The molecular formula is C18H17F2N3O. The Hall–Kier alpha value is -2.47. The molecule has 0 unspecified atom stereocenters. The molecule has 2 heterocycles. The van der Waals surface area contributed by atoms with E-state index in [2.05, 4.69) is 10.3 Å². The van der Waals surface area contributed by atoms with Gasteiger partial charge in [0.05, 0.1) is 17.2 Å². The predicted molar refractivity (Wildman–Crippen MR) is 87.7 cm³/mol. The number of imidazole rings is 1. The molecular weight excluding hydrogens is 312 g/mol. The van der Waals surface area contributed by atoms with Crippen LogP contribution in [0.5, 0.6) is 5.75 Å². The Bertz CT molecular complexity index is 936. The fraction of sp³-hybridized carbons (Fsp3) is 0.278. The molecule has 1 atom stereocenters. The molecule has 6 heteroatoms. The second-order valence-electron chi connectivity index (χ2n) is 5.79. The lowest BCUT2D eigenvalue weighted by atomic mass is 10.1. The molecule has 0 fully saturated rings.